The topological polar surface area (TPSA) is 25.8 Å². The maximum atomic E-state index is 13.4. The van der Waals surface area contributed by atoms with Gasteiger partial charge in [-0.2, -0.15) is 0 Å². The van der Waals surface area contributed by atoms with Gasteiger partial charge in [0, 0.05) is 4.90 Å². The lowest BCUT2D eigenvalue weighted by Crippen LogP contribution is -1.91. The quantitative estimate of drug-likeness (QED) is 0.603. The number of hydrogen-bond donors (Lipinski definition) is 0. The summed E-state index contributed by atoms with van der Waals surface area (Å²) in [6.07, 6.45) is 1.08. The molecule has 0 fully saturated rings. The zero-order valence-corrected chi connectivity index (χ0v) is 10.0. The van der Waals surface area contributed by atoms with Crippen molar-refractivity contribution in [3.05, 3.63) is 47.1 Å². The molecular weight excluding hydrogens is 247 g/mol. The van der Waals surface area contributed by atoms with Gasteiger partial charge in [0.15, 0.2) is 5.82 Å². The monoisotopic (exact) mass is 254 g/mol. The molecule has 2 rings (SSSR count). The van der Waals surface area contributed by atoms with Crippen LogP contribution in [0.1, 0.15) is 5.56 Å². The van der Waals surface area contributed by atoms with E-state index in [1.54, 1.807) is 0 Å². The Labute approximate surface area is 102 Å². The van der Waals surface area contributed by atoms with Crippen molar-refractivity contribution in [2.45, 2.75) is 16.8 Å². The molecule has 0 unspecified atom stereocenters. The minimum Gasteiger partial charge on any atom is -0.223 e. The van der Waals surface area contributed by atoms with Gasteiger partial charge in [-0.25, -0.2) is 14.4 Å². The summed E-state index contributed by atoms with van der Waals surface area (Å²) in [5.41, 5.74) is 1.07. The van der Waals surface area contributed by atoms with Crippen molar-refractivity contribution in [2.75, 3.05) is 0 Å². The molecule has 82 valence electrons. The van der Waals surface area contributed by atoms with E-state index >= 15 is 0 Å². The molecule has 16 heavy (non-hydrogen) atoms. The molecule has 1 aromatic carbocycles. The Morgan fingerprint density at radius 2 is 2.06 bits per heavy atom. The summed E-state index contributed by atoms with van der Waals surface area (Å²) >= 11 is 6.87. The van der Waals surface area contributed by atoms with Crippen LogP contribution in [0, 0.1) is 12.7 Å². The fourth-order valence-corrected chi connectivity index (χ4v) is 2.23. The highest BCUT2D eigenvalue weighted by atomic mass is 35.5. The molecule has 0 atom stereocenters. The third-order valence-electron chi connectivity index (χ3n) is 1.98. The molecule has 0 aliphatic rings. The molecule has 1 aromatic heterocycles. The molecule has 0 N–H and O–H groups in total. The van der Waals surface area contributed by atoms with Gasteiger partial charge in [-0.1, -0.05) is 30.0 Å². The van der Waals surface area contributed by atoms with Crippen molar-refractivity contribution < 1.29 is 4.39 Å². The lowest BCUT2D eigenvalue weighted by Gasteiger charge is -2.04. The van der Waals surface area contributed by atoms with Gasteiger partial charge in [0.1, 0.15) is 5.03 Å². The molecular formula is C11H8ClFN2S. The second-order valence-electron chi connectivity index (χ2n) is 3.16. The highest BCUT2D eigenvalue weighted by molar-refractivity contribution is 7.99. The molecule has 0 bridgehead atoms. The molecule has 0 spiro atoms. The van der Waals surface area contributed by atoms with E-state index in [2.05, 4.69) is 9.97 Å². The molecule has 0 saturated heterocycles. The van der Waals surface area contributed by atoms with E-state index in [-0.39, 0.29) is 10.3 Å². The van der Waals surface area contributed by atoms with Crippen molar-refractivity contribution in [3.63, 3.8) is 0 Å². The minimum atomic E-state index is -0.461. The molecule has 0 aliphatic heterocycles. The standard InChI is InChI=1S/C11H8ClFN2S/c1-7-4-2-3-5-9(7)16-10-8(13)6-14-11(12)15-10/h2-6H,1H3. The van der Waals surface area contributed by atoms with Crippen LogP contribution in [0.15, 0.2) is 40.4 Å². The number of rotatable bonds is 2. The van der Waals surface area contributed by atoms with E-state index in [0.29, 0.717) is 0 Å². The average Bonchev–Trinajstić information content (AvgIpc) is 2.27. The summed E-state index contributed by atoms with van der Waals surface area (Å²) in [6.45, 7) is 1.96. The van der Waals surface area contributed by atoms with Gasteiger partial charge in [-0.05, 0) is 30.2 Å². The van der Waals surface area contributed by atoms with Crippen LogP contribution in [-0.2, 0) is 0 Å². The van der Waals surface area contributed by atoms with Crippen LogP contribution in [0.5, 0.6) is 0 Å². The van der Waals surface area contributed by atoms with Crippen LogP contribution in [-0.4, -0.2) is 9.97 Å². The first kappa shape index (κ1) is 11.4. The van der Waals surface area contributed by atoms with Crippen LogP contribution < -0.4 is 0 Å². The summed E-state index contributed by atoms with van der Waals surface area (Å²) in [6, 6.07) is 7.71. The Hall–Kier alpha value is -1.13. The average molecular weight is 255 g/mol. The van der Waals surface area contributed by atoms with Crippen molar-refractivity contribution in [1.29, 1.82) is 0 Å². The zero-order chi connectivity index (χ0) is 11.5. The van der Waals surface area contributed by atoms with Crippen LogP contribution in [0.2, 0.25) is 5.28 Å². The summed E-state index contributed by atoms with van der Waals surface area (Å²) in [5.74, 6) is -0.461. The second kappa shape index (κ2) is 4.80. The summed E-state index contributed by atoms with van der Waals surface area (Å²) in [4.78, 5) is 8.38. The Morgan fingerprint density at radius 3 is 2.81 bits per heavy atom. The largest absolute Gasteiger partial charge is 0.223 e. The Kier molecular flexibility index (Phi) is 3.41. The summed E-state index contributed by atoms with van der Waals surface area (Å²) in [7, 11) is 0. The van der Waals surface area contributed by atoms with Gasteiger partial charge in [0.2, 0.25) is 5.28 Å². The van der Waals surface area contributed by atoms with Gasteiger partial charge in [0.25, 0.3) is 0 Å². The maximum absolute atomic E-state index is 13.4. The second-order valence-corrected chi connectivity index (χ2v) is 4.53. The number of nitrogens with zero attached hydrogens (tertiary/aromatic N) is 2. The number of benzene rings is 1. The number of aromatic nitrogens is 2. The summed E-state index contributed by atoms with van der Waals surface area (Å²) < 4.78 is 13.4. The third-order valence-corrected chi connectivity index (χ3v) is 3.32. The van der Waals surface area contributed by atoms with E-state index in [1.807, 2.05) is 31.2 Å². The highest BCUT2D eigenvalue weighted by Crippen LogP contribution is 2.30. The Balaban J connectivity index is 2.34. The van der Waals surface area contributed by atoms with Crippen molar-refractivity contribution in [1.82, 2.24) is 9.97 Å². The van der Waals surface area contributed by atoms with Gasteiger partial charge < -0.3 is 0 Å². The predicted octanol–water partition coefficient (Wildman–Crippen LogP) is 3.73. The van der Waals surface area contributed by atoms with Crippen molar-refractivity contribution >= 4 is 23.4 Å². The van der Waals surface area contributed by atoms with Crippen molar-refractivity contribution in [2.24, 2.45) is 0 Å². The number of aryl methyl sites for hydroxylation is 1. The lowest BCUT2D eigenvalue weighted by atomic mass is 10.2. The zero-order valence-electron chi connectivity index (χ0n) is 8.45. The van der Waals surface area contributed by atoms with E-state index in [9.17, 15) is 4.39 Å². The lowest BCUT2D eigenvalue weighted by molar-refractivity contribution is 0.579. The fraction of sp³-hybridized carbons (Fsp3) is 0.0909. The Morgan fingerprint density at radius 1 is 1.31 bits per heavy atom. The van der Waals surface area contributed by atoms with E-state index < -0.39 is 5.82 Å². The molecule has 1 heterocycles. The molecule has 0 saturated carbocycles. The van der Waals surface area contributed by atoms with E-state index in [0.717, 1.165) is 16.7 Å². The molecule has 5 heteroatoms. The SMILES string of the molecule is Cc1ccccc1Sc1nc(Cl)ncc1F. The van der Waals surface area contributed by atoms with Crippen molar-refractivity contribution in [3.8, 4) is 0 Å². The van der Waals surface area contributed by atoms with Crippen LogP contribution in [0.4, 0.5) is 4.39 Å². The minimum absolute atomic E-state index is 0.0532. The highest BCUT2D eigenvalue weighted by Gasteiger charge is 2.09. The molecule has 0 radical (unpaired) electrons. The van der Waals surface area contributed by atoms with E-state index in [1.165, 1.54) is 11.8 Å². The molecule has 0 aliphatic carbocycles. The Bertz CT molecular complexity index is 519. The first-order valence-corrected chi connectivity index (χ1v) is 5.78. The van der Waals surface area contributed by atoms with Gasteiger partial charge in [-0.15, -0.1) is 0 Å². The van der Waals surface area contributed by atoms with Gasteiger partial charge in [-0.3, -0.25) is 0 Å². The number of halogens is 2. The van der Waals surface area contributed by atoms with E-state index in [4.69, 9.17) is 11.6 Å². The van der Waals surface area contributed by atoms with Crippen LogP contribution in [0.3, 0.4) is 0 Å². The summed E-state index contributed by atoms with van der Waals surface area (Å²) in [5, 5.41) is 0.298. The molecule has 2 nitrogen and oxygen atoms in total. The first-order valence-electron chi connectivity index (χ1n) is 4.58. The smallest absolute Gasteiger partial charge is 0.223 e. The normalized spacial score (nSPS) is 10.4. The van der Waals surface area contributed by atoms with Gasteiger partial charge >= 0.3 is 0 Å². The fourth-order valence-electron chi connectivity index (χ4n) is 1.18. The van der Waals surface area contributed by atoms with Crippen LogP contribution in [0.25, 0.3) is 0 Å². The first-order chi connectivity index (χ1) is 7.66. The molecule has 2 aromatic rings. The molecule has 0 amide bonds. The maximum Gasteiger partial charge on any atom is 0.223 e. The number of hydrogen-bond acceptors (Lipinski definition) is 3. The third kappa shape index (κ3) is 2.51. The van der Waals surface area contributed by atoms with Crippen LogP contribution >= 0.6 is 23.4 Å². The predicted molar refractivity (Wildman–Crippen MR) is 62.3 cm³/mol. The van der Waals surface area contributed by atoms with Gasteiger partial charge in [0.05, 0.1) is 6.20 Å².